The van der Waals surface area contributed by atoms with Crippen molar-refractivity contribution < 1.29 is 27.0 Å². The Morgan fingerprint density at radius 2 is 1.88 bits per heavy atom. The Balaban J connectivity index is 2.42. The predicted molar refractivity (Wildman–Crippen MR) is 95.9 cm³/mol. The fourth-order valence-corrected chi connectivity index (χ4v) is 3.43. The van der Waals surface area contributed by atoms with Gasteiger partial charge in [0.15, 0.2) is 23.1 Å². The van der Waals surface area contributed by atoms with Crippen LogP contribution in [-0.4, -0.2) is 35.8 Å². The third kappa shape index (κ3) is 4.72. The van der Waals surface area contributed by atoms with E-state index in [0.29, 0.717) is 5.75 Å². The first-order chi connectivity index (χ1) is 12.4. The van der Waals surface area contributed by atoms with Gasteiger partial charge in [0.1, 0.15) is 4.90 Å². The molecule has 2 aromatic carbocycles. The Kier molecular flexibility index (Phi) is 6.96. The zero-order valence-corrected chi connectivity index (χ0v) is 15.7. The van der Waals surface area contributed by atoms with E-state index in [-0.39, 0.29) is 29.5 Å². The number of methoxy groups -OCH3 is 2. The van der Waals surface area contributed by atoms with Gasteiger partial charge in [-0.05, 0) is 36.2 Å². The van der Waals surface area contributed by atoms with Crippen molar-refractivity contribution in [1.82, 2.24) is 4.72 Å². The summed E-state index contributed by atoms with van der Waals surface area (Å²) in [5.41, 5.74) is 1.01. The number of aryl methyl sites for hydroxylation is 1. The van der Waals surface area contributed by atoms with E-state index < -0.39 is 15.8 Å². The van der Waals surface area contributed by atoms with Crippen LogP contribution in [0.2, 0.25) is 0 Å². The van der Waals surface area contributed by atoms with Crippen LogP contribution in [0.5, 0.6) is 17.2 Å². The van der Waals surface area contributed by atoms with Gasteiger partial charge in [-0.3, -0.25) is 0 Å². The number of hydrogen-bond acceptors (Lipinski definition) is 5. The highest BCUT2D eigenvalue weighted by atomic mass is 32.2. The van der Waals surface area contributed by atoms with Gasteiger partial charge in [0.2, 0.25) is 10.0 Å². The molecule has 142 valence electrons. The van der Waals surface area contributed by atoms with Crippen molar-refractivity contribution in [2.75, 3.05) is 27.4 Å². The standard InChI is InChI=1S/C18H22FNO5S/c1-4-13-8-9-15(16(12-13)24-3)25-18-14(19)6-5-7-17(18)26(21,22)20-10-11-23-2/h5-9,12,20H,4,10-11H2,1-3H3. The molecule has 0 unspecified atom stereocenters. The lowest BCUT2D eigenvalue weighted by Crippen LogP contribution is -2.27. The minimum atomic E-state index is -3.97. The molecule has 0 bridgehead atoms. The second-order valence-corrected chi connectivity index (χ2v) is 7.13. The van der Waals surface area contributed by atoms with Crippen LogP contribution in [0.25, 0.3) is 0 Å². The Bertz CT molecular complexity index is 855. The maximum Gasteiger partial charge on any atom is 0.244 e. The molecule has 8 heteroatoms. The summed E-state index contributed by atoms with van der Waals surface area (Å²) in [6, 6.07) is 8.92. The van der Waals surface area contributed by atoms with Crippen molar-refractivity contribution in [3.05, 3.63) is 47.8 Å². The summed E-state index contributed by atoms with van der Waals surface area (Å²) in [7, 11) is -1.05. The molecule has 0 aliphatic carbocycles. The van der Waals surface area contributed by atoms with E-state index in [1.807, 2.05) is 13.0 Å². The van der Waals surface area contributed by atoms with E-state index in [1.165, 1.54) is 26.4 Å². The van der Waals surface area contributed by atoms with Crippen LogP contribution in [0, 0.1) is 5.82 Å². The van der Waals surface area contributed by atoms with Gasteiger partial charge in [0.05, 0.1) is 13.7 Å². The minimum absolute atomic E-state index is 0.0588. The van der Waals surface area contributed by atoms with E-state index in [9.17, 15) is 12.8 Å². The van der Waals surface area contributed by atoms with Crippen molar-refractivity contribution >= 4 is 10.0 Å². The van der Waals surface area contributed by atoms with Crippen LogP contribution >= 0.6 is 0 Å². The van der Waals surface area contributed by atoms with Crippen LogP contribution < -0.4 is 14.2 Å². The van der Waals surface area contributed by atoms with Crippen LogP contribution in [0.3, 0.4) is 0 Å². The summed E-state index contributed by atoms with van der Waals surface area (Å²) in [6.07, 6.45) is 0.791. The molecular weight excluding hydrogens is 361 g/mol. The fourth-order valence-electron chi connectivity index (χ4n) is 2.28. The molecular formula is C18H22FNO5S. The smallest absolute Gasteiger partial charge is 0.244 e. The molecule has 0 aromatic heterocycles. The minimum Gasteiger partial charge on any atom is -0.493 e. The Morgan fingerprint density at radius 3 is 2.54 bits per heavy atom. The lowest BCUT2D eigenvalue weighted by molar-refractivity contribution is 0.204. The van der Waals surface area contributed by atoms with E-state index in [1.54, 1.807) is 12.1 Å². The number of benzene rings is 2. The topological polar surface area (TPSA) is 73.9 Å². The maximum absolute atomic E-state index is 14.4. The number of sulfonamides is 1. The Hall–Kier alpha value is -2.16. The van der Waals surface area contributed by atoms with E-state index in [2.05, 4.69) is 4.72 Å². The molecule has 0 atom stereocenters. The van der Waals surface area contributed by atoms with Crippen molar-refractivity contribution in [1.29, 1.82) is 0 Å². The molecule has 0 radical (unpaired) electrons. The number of rotatable bonds is 9. The first-order valence-corrected chi connectivity index (χ1v) is 9.53. The predicted octanol–water partition coefficient (Wildman–Crippen LogP) is 3.11. The van der Waals surface area contributed by atoms with Crippen LogP contribution in [-0.2, 0) is 21.2 Å². The molecule has 0 amide bonds. The van der Waals surface area contributed by atoms with Gasteiger partial charge in [-0.25, -0.2) is 17.5 Å². The molecule has 6 nitrogen and oxygen atoms in total. The first-order valence-electron chi connectivity index (χ1n) is 8.04. The highest BCUT2D eigenvalue weighted by molar-refractivity contribution is 7.89. The van der Waals surface area contributed by atoms with Gasteiger partial charge in [-0.2, -0.15) is 0 Å². The SMILES string of the molecule is CCc1ccc(Oc2c(F)cccc2S(=O)(=O)NCCOC)c(OC)c1. The second-order valence-electron chi connectivity index (χ2n) is 5.40. The third-order valence-electron chi connectivity index (χ3n) is 3.67. The zero-order valence-electron chi connectivity index (χ0n) is 14.9. The molecule has 0 fully saturated rings. The van der Waals surface area contributed by atoms with Crippen LogP contribution in [0.1, 0.15) is 12.5 Å². The maximum atomic E-state index is 14.4. The largest absolute Gasteiger partial charge is 0.493 e. The second kappa shape index (κ2) is 8.98. The van der Waals surface area contributed by atoms with E-state index in [0.717, 1.165) is 18.1 Å². The van der Waals surface area contributed by atoms with Gasteiger partial charge >= 0.3 is 0 Å². The number of para-hydroxylation sites is 1. The number of halogens is 1. The van der Waals surface area contributed by atoms with Gasteiger partial charge in [-0.1, -0.05) is 19.1 Å². The van der Waals surface area contributed by atoms with E-state index >= 15 is 0 Å². The van der Waals surface area contributed by atoms with Crippen molar-refractivity contribution in [2.24, 2.45) is 0 Å². The Morgan fingerprint density at radius 1 is 1.12 bits per heavy atom. The average molecular weight is 383 g/mol. The quantitative estimate of drug-likeness (QED) is 0.674. The van der Waals surface area contributed by atoms with Gasteiger partial charge in [-0.15, -0.1) is 0 Å². The number of nitrogens with one attached hydrogen (secondary N) is 1. The third-order valence-corrected chi connectivity index (χ3v) is 5.15. The summed E-state index contributed by atoms with van der Waals surface area (Å²) in [4.78, 5) is -0.296. The first kappa shape index (κ1) is 20.2. The molecule has 26 heavy (non-hydrogen) atoms. The van der Waals surface area contributed by atoms with Gasteiger partial charge in [0, 0.05) is 13.7 Å². The summed E-state index contributed by atoms with van der Waals surface area (Å²) in [5, 5.41) is 0. The van der Waals surface area contributed by atoms with Gasteiger partial charge < -0.3 is 14.2 Å². The summed E-state index contributed by atoms with van der Waals surface area (Å²) in [6.45, 7) is 2.24. The molecule has 0 aliphatic rings. The molecule has 0 spiro atoms. The molecule has 2 rings (SSSR count). The summed E-state index contributed by atoms with van der Waals surface area (Å²) in [5.74, 6) is -0.562. The lowest BCUT2D eigenvalue weighted by Gasteiger charge is -2.15. The van der Waals surface area contributed by atoms with E-state index in [4.69, 9.17) is 14.2 Å². The zero-order chi connectivity index (χ0) is 19.2. The molecule has 1 N–H and O–H groups in total. The fraction of sp³-hybridized carbons (Fsp3) is 0.333. The molecule has 2 aromatic rings. The summed E-state index contributed by atoms with van der Waals surface area (Å²) < 4.78 is 57.4. The number of hydrogen-bond donors (Lipinski definition) is 1. The normalized spacial score (nSPS) is 11.4. The monoisotopic (exact) mass is 383 g/mol. The molecule has 0 saturated heterocycles. The van der Waals surface area contributed by atoms with Crippen LogP contribution in [0.4, 0.5) is 4.39 Å². The Labute approximate surface area is 152 Å². The van der Waals surface area contributed by atoms with Gasteiger partial charge in [0.25, 0.3) is 0 Å². The molecule has 0 saturated carbocycles. The average Bonchev–Trinajstić information content (AvgIpc) is 2.63. The highest BCUT2D eigenvalue weighted by Crippen LogP contribution is 2.36. The molecule has 0 aliphatic heterocycles. The number of ether oxygens (including phenoxy) is 3. The highest BCUT2D eigenvalue weighted by Gasteiger charge is 2.23. The summed E-state index contributed by atoms with van der Waals surface area (Å²) >= 11 is 0. The van der Waals surface area contributed by atoms with Crippen molar-refractivity contribution in [3.63, 3.8) is 0 Å². The van der Waals surface area contributed by atoms with Crippen molar-refractivity contribution in [2.45, 2.75) is 18.2 Å². The molecule has 0 heterocycles. The van der Waals surface area contributed by atoms with Crippen LogP contribution in [0.15, 0.2) is 41.3 Å². The lowest BCUT2D eigenvalue weighted by atomic mass is 10.1. The van der Waals surface area contributed by atoms with Crippen molar-refractivity contribution in [3.8, 4) is 17.2 Å².